The van der Waals surface area contributed by atoms with Crippen molar-refractivity contribution >= 4 is 11.9 Å². The first kappa shape index (κ1) is 17.7. The second kappa shape index (κ2) is 7.62. The monoisotopic (exact) mass is 323 g/mol. The molecule has 0 heterocycles. The van der Waals surface area contributed by atoms with Crippen LogP contribution in [0.25, 0.3) is 0 Å². The smallest absolute Gasteiger partial charge is 0.326 e. The maximum Gasteiger partial charge on any atom is 0.326 e. The Balaban J connectivity index is 2.67. The lowest BCUT2D eigenvalue weighted by molar-refractivity contribution is -0.144. The number of carbonyl (C=O) groups excluding carboxylic acids is 1. The number of ether oxygens (including phenoxy) is 1. The van der Waals surface area contributed by atoms with Crippen LogP contribution in [0.5, 0.6) is 5.75 Å². The van der Waals surface area contributed by atoms with Crippen LogP contribution in [0.15, 0.2) is 18.2 Å². The summed E-state index contributed by atoms with van der Waals surface area (Å²) in [6.45, 7) is 1.21. The van der Waals surface area contributed by atoms with Gasteiger partial charge in [0.2, 0.25) is 6.43 Å². The zero-order valence-electron chi connectivity index (χ0n) is 11.4. The molecule has 0 bridgehead atoms. The number of hydrogen-bond acceptors (Lipinski definition) is 3. The van der Waals surface area contributed by atoms with Crippen molar-refractivity contribution < 1.29 is 37.0 Å². The van der Waals surface area contributed by atoms with Crippen molar-refractivity contribution in [2.75, 3.05) is 0 Å². The van der Waals surface area contributed by atoms with Crippen LogP contribution in [0, 0.1) is 11.6 Å². The number of amides is 1. The lowest BCUT2D eigenvalue weighted by Gasteiger charge is -2.18. The first-order valence-corrected chi connectivity index (χ1v) is 6.13. The van der Waals surface area contributed by atoms with Crippen molar-refractivity contribution in [3.8, 4) is 5.75 Å². The molecule has 1 aromatic carbocycles. The van der Waals surface area contributed by atoms with Gasteiger partial charge < -0.3 is 15.2 Å². The van der Waals surface area contributed by atoms with Gasteiger partial charge in [0.1, 0.15) is 11.8 Å². The minimum absolute atomic E-state index is 0.165. The molecule has 9 heteroatoms. The SMILES string of the molecule is CC(Oc1ccc(F)c(F)c1)C(=O)NC(CC(F)F)C(=O)O. The third-order valence-corrected chi connectivity index (χ3v) is 2.60. The third kappa shape index (κ3) is 5.23. The van der Waals surface area contributed by atoms with Gasteiger partial charge in [-0.3, -0.25) is 4.79 Å². The number of nitrogens with one attached hydrogen (secondary N) is 1. The van der Waals surface area contributed by atoms with E-state index in [1.54, 1.807) is 0 Å². The second-order valence-corrected chi connectivity index (χ2v) is 4.36. The molecular weight excluding hydrogens is 310 g/mol. The van der Waals surface area contributed by atoms with Crippen LogP contribution in [-0.4, -0.2) is 35.6 Å². The van der Waals surface area contributed by atoms with Gasteiger partial charge in [0.15, 0.2) is 17.7 Å². The number of hydrogen-bond donors (Lipinski definition) is 2. The number of benzene rings is 1. The van der Waals surface area contributed by atoms with Crippen molar-refractivity contribution in [2.24, 2.45) is 0 Å². The quantitative estimate of drug-likeness (QED) is 0.752. The third-order valence-electron chi connectivity index (χ3n) is 2.60. The predicted molar refractivity (Wildman–Crippen MR) is 66.6 cm³/mol. The summed E-state index contributed by atoms with van der Waals surface area (Å²) in [4.78, 5) is 22.4. The molecule has 5 nitrogen and oxygen atoms in total. The van der Waals surface area contributed by atoms with E-state index in [9.17, 15) is 27.2 Å². The van der Waals surface area contributed by atoms with E-state index in [0.717, 1.165) is 12.1 Å². The van der Waals surface area contributed by atoms with Gasteiger partial charge in [-0.05, 0) is 19.1 Å². The second-order valence-electron chi connectivity index (χ2n) is 4.36. The number of alkyl halides is 2. The van der Waals surface area contributed by atoms with E-state index in [4.69, 9.17) is 9.84 Å². The normalized spacial score (nSPS) is 13.5. The molecule has 0 aliphatic carbocycles. The molecule has 0 saturated carbocycles. The Hall–Kier alpha value is -2.32. The standard InChI is InChI=1S/C13H13F4NO4/c1-6(22-7-2-3-8(14)9(15)4-7)12(19)18-10(13(20)21)5-11(16)17/h2-4,6,10-11H,5H2,1H3,(H,18,19)(H,20,21). The fourth-order valence-corrected chi connectivity index (χ4v) is 1.50. The van der Waals surface area contributed by atoms with Gasteiger partial charge in [0.05, 0.1) is 0 Å². The van der Waals surface area contributed by atoms with Gasteiger partial charge >= 0.3 is 5.97 Å². The molecule has 1 rings (SSSR count). The van der Waals surface area contributed by atoms with Gasteiger partial charge in [-0.25, -0.2) is 22.4 Å². The van der Waals surface area contributed by atoms with Gasteiger partial charge in [-0.15, -0.1) is 0 Å². The molecule has 2 unspecified atom stereocenters. The van der Waals surface area contributed by atoms with Crippen LogP contribution < -0.4 is 10.1 Å². The van der Waals surface area contributed by atoms with Crippen molar-refractivity contribution in [1.82, 2.24) is 5.32 Å². The molecule has 122 valence electrons. The number of carbonyl (C=O) groups is 2. The number of halogens is 4. The Morgan fingerprint density at radius 2 is 1.91 bits per heavy atom. The number of rotatable bonds is 7. The molecule has 0 aliphatic heterocycles. The molecule has 0 radical (unpaired) electrons. The summed E-state index contributed by atoms with van der Waals surface area (Å²) in [5.74, 6) is -5.05. The highest BCUT2D eigenvalue weighted by molar-refractivity contribution is 5.86. The first-order valence-electron chi connectivity index (χ1n) is 6.13. The minimum Gasteiger partial charge on any atom is -0.481 e. The molecule has 22 heavy (non-hydrogen) atoms. The molecule has 0 aromatic heterocycles. The van der Waals surface area contributed by atoms with Crippen molar-refractivity contribution in [3.63, 3.8) is 0 Å². The van der Waals surface area contributed by atoms with Crippen LogP contribution in [0.1, 0.15) is 13.3 Å². The molecule has 0 aliphatic rings. The van der Waals surface area contributed by atoms with Crippen LogP contribution in [0.2, 0.25) is 0 Å². The Morgan fingerprint density at radius 1 is 1.27 bits per heavy atom. The van der Waals surface area contributed by atoms with E-state index < -0.39 is 48.5 Å². The largest absolute Gasteiger partial charge is 0.481 e. The van der Waals surface area contributed by atoms with E-state index in [2.05, 4.69) is 0 Å². The van der Waals surface area contributed by atoms with Crippen LogP contribution in [0.3, 0.4) is 0 Å². The summed E-state index contributed by atoms with van der Waals surface area (Å²) in [7, 11) is 0. The molecule has 1 aromatic rings. The minimum atomic E-state index is -2.91. The topological polar surface area (TPSA) is 75.6 Å². The summed E-state index contributed by atoms with van der Waals surface area (Å²) < 4.78 is 55.1. The Kier molecular flexibility index (Phi) is 6.14. The molecule has 2 N–H and O–H groups in total. The summed E-state index contributed by atoms with van der Waals surface area (Å²) in [5.41, 5.74) is 0. The van der Waals surface area contributed by atoms with E-state index in [1.165, 1.54) is 6.92 Å². The zero-order valence-corrected chi connectivity index (χ0v) is 11.4. The molecule has 0 spiro atoms. The summed E-state index contributed by atoms with van der Waals surface area (Å²) in [5, 5.41) is 10.6. The Morgan fingerprint density at radius 3 is 2.41 bits per heavy atom. The van der Waals surface area contributed by atoms with E-state index in [-0.39, 0.29) is 5.75 Å². The maximum absolute atomic E-state index is 13.0. The van der Waals surface area contributed by atoms with E-state index in [0.29, 0.717) is 6.07 Å². The number of aliphatic carboxylic acids is 1. The van der Waals surface area contributed by atoms with E-state index in [1.807, 2.05) is 5.32 Å². The van der Waals surface area contributed by atoms with Crippen molar-refractivity contribution in [3.05, 3.63) is 29.8 Å². The molecule has 0 fully saturated rings. The summed E-state index contributed by atoms with van der Waals surface area (Å²) in [6.07, 6.45) is -5.26. The number of carboxylic acids is 1. The van der Waals surface area contributed by atoms with Gasteiger partial charge in [0.25, 0.3) is 5.91 Å². The van der Waals surface area contributed by atoms with Crippen molar-refractivity contribution in [2.45, 2.75) is 31.9 Å². The fourth-order valence-electron chi connectivity index (χ4n) is 1.50. The van der Waals surface area contributed by atoms with Gasteiger partial charge in [-0.1, -0.05) is 0 Å². The molecule has 1 amide bonds. The van der Waals surface area contributed by atoms with Crippen LogP contribution in [-0.2, 0) is 9.59 Å². The summed E-state index contributed by atoms with van der Waals surface area (Å²) >= 11 is 0. The van der Waals surface area contributed by atoms with Gasteiger partial charge in [0, 0.05) is 12.5 Å². The van der Waals surface area contributed by atoms with E-state index >= 15 is 0 Å². The molecule has 2 atom stereocenters. The highest BCUT2D eigenvalue weighted by Gasteiger charge is 2.26. The average Bonchev–Trinajstić information content (AvgIpc) is 2.41. The Labute approximate surface area is 122 Å². The van der Waals surface area contributed by atoms with Gasteiger partial charge in [-0.2, -0.15) is 0 Å². The van der Waals surface area contributed by atoms with Crippen molar-refractivity contribution in [1.29, 1.82) is 0 Å². The molecule has 0 saturated heterocycles. The Bertz CT molecular complexity index is 553. The fraction of sp³-hybridized carbons (Fsp3) is 0.385. The lowest BCUT2D eigenvalue weighted by atomic mass is 10.2. The summed E-state index contributed by atoms with van der Waals surface area (Å²) in [6, 6.07) is 0.776. The average molecular weight is 323 g/mol. The first-order chi connectivity index (χ1) is 10.2. The molecular formula is C13H13F4NO4. The van der Waals surface area contributed by atoms with Crippen LogP contribution in [0.4, 0.5) is 17.6 Å². The lowest BCUT2D eigenvalue weighted by Crippen LogP contribution is -2.47. The maximum atomic E-state index is 13.0. The highest BCUT2D eigenvalue weighted by Crippen LogP contribution is 2.17. The zero-order chi connectivity index (χ0) is 16.9. The predicted octanol–water partition coefficient (Wildman–Crippen LogP) is 1.96. The highest BCUT2D eigenvalue weighted by atomic mass is 19.3. The number of carboxylic acid groups (broad SMARTS) is 1. The van der Waals surface area contributed by atoms with Crippen LogP contribution >= 0.6 is 0 Å².